The number of ether oxygens (including phenoxy) is 1. The maximum absolute atomic E-state index is 12.2. The van der Waals surface area contributed by atoms with Crippen molar-refractivity contribution in [2.75, 3.05) is 19.6 Å². The lowest BCUT2D eigenvalue weighted by Gasteiger charge is -2.26. The van der Waals surface area contributed by atoms with Crippen molar-refractivity contribution in [2.45, 2.75) is 83.5 Å². The third-order valence-electron chi connectivity index (χ3n) is 7.18. The Bertz CT molecular complexity index is 1440. The minimum Gasteiger partial charge on any atom is -0.355 e. The van der Waals surface area contributed by atoms with E-state index in [9.17, 15) is 23.9 Å². The van der Waals surface area contributed by atoms with Gasteiger partial charge in [-0.05, 0) is 57.8 Å². The summed E-state index contributed by atoms with van der Waals surface area (Å²) in [5, 5.41) is 2.76. The Morgan fingerprint density at radius 3 is 2.33 bits per heavy atom. The Morgan fingerprint density at radius 1 is 1.04 bits per heavy atom. The number of aromatic nitrogens is 4. The number of carbonyl (C=O) groups is 1. The zero-order valence-corrected chi connectivity index (χ0v) is 26.9. The number of rotatable bonds is 20. The Morgan fingerprint density at radius 2 is 1.69 bits per heavy atom. The topological polar surface area (TPSA) is 163 Å². The maximum atomic E-state index is 12.2. The summed E-state index contributed by atoms with van der Waals surface area (Å²) in [7, 11) is -4.57. The van der Waals surface area contributed by atoms with E-state index in [1.54, 1.807) is 4.57 Å². The van der Waals surface area contributed by atoms with Crippen LogP contribution in [-0.2, 0) is 14.1 Å². The molecule has 0 unspecified atom stereocenters. The molecular formula is C32H47N6O6P. The summed E-state index contributed by atoms with van der Waals surface area (Å²) >= 11 is 0. The van der Waals surface area contributed by atoms with Gasteiger partial charge in [0.15, 0.2) is 5.52 Å². The van der Waals surface area contributed by atoms with Gasteiger partial charge in [0.05, 0.1) is 18.8 Å². The lowest BCUT2D eigenvalue weighted by atomic mass is 10.2. The lowest BCUT2D eigenvalue weighted by Crippen LogP contribution is -2.37. The van der Waals surface area contributed by atoms with E-state index in [1.165, 1.54) is 12.7 Å². The molecule has 0 aliphatic carbocycles. The van der Waals surface area contributed by atoms with Crippen LogP contribution < -0.4 is 10.9 Å². The van der Waals surface area contributed by atoms with E-state index in [0.717, 1.165) is 43.2 Å². The largest absolute Gasteiger partial charge is 0.403 e. The minimum atomic E-state index is -4.57. The molecule has 1 saturated heterocycles. The van der Waals surface area contributed by atoms with Crippen molar-refractivity contribution < 1.29 is 23.9 Å². The van der Waals surface area contributed by atoms with Crippen LogP contribution in [0.25, 0.3) is 11.2 Å². The first-order valence-corrected chi connectivity index (χ1v) is 17.2. The minimum absolute atomic E-state index is 0.00538. The maximum Gasteiger partial charge on any atom is 0.403 e. The van der Waals surface area contributed by atoms with E-state index in [-0.39, 0.29) is 31.1 Å². The van der Waals surface area contributed by atoms with Crippen molar-refractivity contribution in [1.82, 2.24) is 29.5 Å². The van der Waals surface area contributed by atoms with Crippen LogP contribution in [0.3, 0.4) is 0 Å². The zero-order chi connectivity index (χ0) is 32.3. The van der Waals surface area contributed by atoms with Gasteiger partial charge in [-0.15, -0.1) is 0 Å². The number of aromatic amines is 1. The highest BCUT2D eigenvalue weighted by atomic mass is 31.2. The normalized spacial score (nSPS) is 18.0. The molecule has 12 nitrogen and oxygen atoms in total. The number of carbonyl (C=O) groups excluding carboxylic acids is 1. The van der Waals surface area contributed by atoms with E-state index in [0.29, 0.717) is 31.3 Å². The molecule has 2 aromatic rings. The monoisotopic (exact) mass is 642 g/mol. The first kappa shape index (κ1) is 36.1. The Labute approximate surface area is 264 Å². The first-order chi connectivity index (χ1) is 21.8. The molecule has 3 rings (SSSR count). The number of hydrogen-bond donors (Lipinski definition) is 4. The lowest BCUT2D eigenvalue weighted by molar-refractivity contribution is -0.121. The molecule has 1 amide bonds. The Kier molecular flexibility index (Phi) is 15.9. The summed E-state index contributed by atoms with van der Waals surface area (Å²) in [6.07, 6.45) is 31.2. The molecule has 246 valence electrons. The van der Waals surface area contributed by atoms with Gasteiger partial charge < -0.3 is 24.8 Å². The van der Waals surface area contributed by atoms with Crippen LogP contribution in [0.2, 0.25) is 0 Å². The predicted octanol–water partition coefficient (Wildman–Crippen LogP) is 5.23. The quantitative estimate of drug-likeness (QED) is 0.0861. The smallest absolute Gasteiger partial charge is 0.355 e. The molecule has 0 radical (unpaired) electrons. The van der Waals surface area contributed by atoms with Crippen molar-refractivity contribution in [2.24, 2.45) is 0 Å². The highest BCUT2D eigenvalue weighted by molar-refractivity contribution is 7.49. The van der Waals surface area contributed by atoms with Gasteiger partial charge in [-0.3, -0.25) is 14.2 Å². The van der Waals surface area contributed by atoms with Crippen molar-refractivity contribution in [3.8, 4) is 0 Å². The second-order valence-electron chi connectivity index (χ2n) is 10.7. The SMILES string of the molecule is CC/C=C\C/C=C\C/C=C\C/C=C\C/C=C\CCCC(=O)NCCN(C[C@@H]1CC[C@H](n2cnc3c(=O)nc[nH]c32)O1)P(=O)(O)O. The molecule has 2 atom stereocenters. The van der Waals surface area contributed by atoms with Crippen molar-refractivity contribution in [3.63, 3.8) is 0 Å². The van der Waals surface area contributed by atoms with Gasteiger partial charge >= 0.3 is 13.3 Å². The third-order valence-corrected chi connectivity index (χ3v) is 8.28. The number of amides is 1. The molecule has 1 aliphatic rings. The van der Waals surface area contributed by atoms with E-state index >= 15 is 0 Å². The van der Waals surface area contributed by atoms with Gasteiger partial charge in [-0.1, -0.05) is 67.7 Å². The highest BCUT2D eigenvalue weighted by Crippen LogP contribution is 2.41. The number of unbranched alkanes of at least 4 members (excludes halogenated alkanes) is 1. The van der Waals surface area contributed by atoms with Gasteiger partial charge in [-0.25, -0.2) is 14.2 Å². The average molecular weight is 643 g/mol. The summed E-state index contributed by atoms with van der Waals surface area (Å²) in [5.41, 5.74) is 0.243. The summed E-state index contributed by atoms with van der Waals surface area (Å²) < 4.78 is 20.9. The molecule has 0 aromatic carbocycles. The second kappa shape index (κ2) is 19.9. The molecular weight excluding hydrogens is 595 g/mol. The van der Waals surface area contributed by atoms with Crippen molar-refractivity contribution in [3.05, 3.63) is 83.8 Å². The van der Waals surface area contributed by atoms with Crippen LogP contribution >= 0.6 is 7.75 Å². The van der Waals surface area contributed by atoms with Gasteiger partial charge in [0, 0.05) is 26.1 Å². The molecule has 2 aromatic heterocycles. The van der Waals surface area contributed by atoms with Crippen LogP contribution in [0.4, 0.5) is 0 Å². The molecule has 13 heteroatoms. The second-order valence-corrected chi connectivity index (χ2v) is 12.3. The van der Waals surface area contributed by atoms with Crippen LogP contribution in [0.15, 0.2) is 78.2 Å². The molecule has 0 bridgehead atoms. The van der Waals surface area contributed by atoms with E-state index < -0.39 is 25.6 Å². The van der Waals surface area contributed by atoms with E-state index in [4.69, 9.17) is 4.74 Å². The fourth-order valence-corrected chi connectivity index (χ4v) is 5.60. The molecule has 4 N–H and O–H groups in total. The summed E-state index contributed by atoms with van der Waals surface area (Å²) in [4.78, 5) is 54.6. The fraction of sp³-hybridized carbons (Fsp3) is 0.500. The molecule has 1 fully saturated rings. The van der Waals surface area contributed by atoms with Crippen molar-refractivity contribution in [1.29, 1.82) is 0 Å². The van der Waals surface area contributed by atoms with Crippen LogP contribution in [0.1, 0.15) is 77.4 Å². The number of imidazole rings is 1. The Hall–Kier alpha value is -3.41. The first-order valence-electron chi connectivity index (χ1n) is 15.7. The van der Waals surface area contributed by atoms with Crippen LogP contribution in [0, 0.1) is 0 Å². The van der Waals surface area contributed by atoms with E-state index in [1.807, 2.05) is 0 Å². The number of nitrogens with zero attached hydrogens (tertiary/aromatic N) is 4. The summed E-state index contributed by atoms with van der Waals surface area (Å²) in [6, 6.07) is 0. The number of hydrogen-bond acceptors (Lipinski definition) is 6. The molecule has 1 aliphatic heterocycles. The number of fused-ring (bicyclic) bond motifs is 1. The average Bonchev–Trinajstić information content (AvgIpc) is 3.65. The summed E-state index contributed by atoms with van der Waals surface area (Å²) in [5.74, 6) is -0.152. The third kappa shape index (κ3) is 13.2. The number of H-pyrrole nitrogens is 1. The fourth-order valence-electron chi connectivity index (χ4n) is 4.84. The van der Waals surface area contributed by atoms with Crippen LogP contribution in [-0.4, -0.2) is 65.6 Å². The van der Waals surface area contributed by atoms with E-state index in [2.05, 4.69) is 88.0 Å². The van der Waals surface area contributed by atoms with Crippen LogP contribution in [0.5, 0.6) is 0 Å². The molecule has 0 saturated carbocycles. The van der Waals surface area contributed by atoms with Gasteiger partial charge in [0.25, 0.3) is 0 Å². The molecule has 45 heavy (non-hydrogen) atoms. The summed E-state index contributed by atoms with van der Waals surface area (Å²) in [6.45, 7) is 2.24. The standard InChI is InChI=1S/C32H47N6O6P/c1-2-3-4-5-6-7-8-9-10-11-12-13-14-15-16-17-18-19-28(39)33-22-23-37(45(41,42)43)24-27-20-21-29(44-27)38-26-36-30-31(38)34-25-35-32(30)40/h3-4,6-7,9-10,12-13,15-16,25-27,29H,2,5,8,11,14,17-24H2,1H3,(H,33,39)(H,34,35,40)(H2,41,42,43)/b4-3-,7-6-,10-9-,13-12-,16-15-/t27-,29+/m0/s1. The number of nitrogens with one attached hydrogen (secondary N) is 2. The number of allylic oxidation sites excluding steroid dienone is 10. The van der Waals surface area contributed by atoms with Gasteiger partial charge in [0.2, 0.25) is 5.91 Å². The molecule has 0 spiro atoms. The molecule has 3 heterocycles. The van der Waals surface area contributed by atoms with Crippen molar-refractivity contribution >= 4 is 24.8 Å². The van der Waals surface area contributed by atoms with Gasteiger partial charge in [0.1, 0.15) is 11.9 Å². The Balaban J connectivity index is 1.27. The highest BCUT2D eigenvalue weighted by Gasteiger charge is 2.34. The zero-order valence-electron chi connectivity index (χ0n) is 26.0. The van der Waals surface area contributed by atoms with Gasteiger partial charge in [-0.2, -0.15) is 4.98 Å². The predicted molar refractivity (Wildman–Crippen MR) is 176 cm³/mol.